The van der Waals surface area contributed by atoms with E-state index in [9.17, 15) is 5.11 Å². The normalized spacial score (nSPS) is 29.6. The Balaban J connectivity index is 1.73. The van der Waals surface area contributed by atoms with E-state index in [2.05, 4.69) is 22.5 Å². The maximum atomic E-state index is 11.3. The Kier molecular flexibility index (Phi) is 4.26. The maximum Gasteiger partial charge on any atom is 0.119 e. The van der Waals surface area contributed by atoms with Gasteiger partial charge >= 0.3 is 0 Å². The van der Waals surface area contributed by atoms with Crippen molar-refractivity contribution < 1.29 is 9.84 Å². The van der Waals surface area contributed by atoms with Crippen LogP contribution in [0.15, 0.2) is 36.9 Å². The number of aliphatic hydroxyl groups excluding tert-OH is 1. The van der Waals surface area contributed by atoms with Crippen molar-refractivity contribution in [1.29, 1.82) is 0 Å². The van der Waals surface area contributed by atoms with Gasteiger partial charge in [-0.2, -0.15) is 0 Å². The number of ether oxygens (including phenoxy) is 1. The molecule has 5 atom stereocenters. The van der Waals surface area contributed by atoms with E-state index in [1.807, 2.05) is 31.2 Å². The summed E-state index contributed by atoms with van der Waals surface area (Å²) >= 11 is 0. The molecule has 3 aliphatic rings. The predicted octanol–water partition coefficient (Wildman–Crippen LogP) is 3.48. The molecular weight excluding hydrogens is 312 g/mol. The highest BCUT2D eigenvalue weighted by molar-refractivity contribution is 5.84. The molecule has 0 amide bonds. The van der Waals surface area contributed by atoms with Gasteiger partial charge in [-0.25, -0.2) is 0 Å². The molecule has 1 aromatic carbocycles. The minimum Gasteiger partial charge on any atom is -0.497 e. The van der Waals surface area contributed by atoms with E-state index < -0.39 is 6.10 Å². The van der Waals surface area contributed by atoms with E-state index in [4.69, 9.17) is 4.74 Å². The van der Waals surface area contributed by atoms with Crippen LogP contribution in [0.25, 0.3) is 10.9 Å². The molecule has 0 aliphatic carbocycles. The van der Waals surface area contributed by atoms with Gasteiger partial charge in [-0.05, 0) is 68.0 Å². The molecule has 132 valence electrons. The molecule has 2 bridgehead atoms. The number of piperidine rings is 3. The Hall–Kier alpha value is -1.91. The number of pyridine rings is 1. The highest BCUT2D eigenvalue weighted by atomic mass is 16.5. The standard InChI is InChI=1S/C21H26N2O2/c1-4-14-12-23-8-7-15(14)10-20(23)21(24)18-9-13(2)22-19-6-5-16(25-3)11-17(18)19/h4-6,9,11,14-15,20-21,24H,1,7-8,10,12H2,2-3H3/t14-,15-,20-,21+/m0/s1. The summed E-state index contributed by atoms with van der Waals surface area (Å²) in [6, 6.07) is 8.08. The number of rotatable bonds is 4. The fraction of sp³-hybridized carbons (Fsp3) is 0.476. The number of aromatic nitrogens is 1. The number of nitrogens with zero attached hydrogens (tertiary/aromatic N) is 2. The van der Waals surface area contributed by atoms with E-state index in [0.717, 1.165) is 47.4 Å². The molecule has 3 aliphatic heterocycles. The zero-order valence-electron chi connectivity index (χ0n) is 15.0. The molecule has 2 aromatic rings. The van der Waals surface area contributed by atoms with E-state index in [1.165, 1.54) is 6.42 Å². The van der Waals surface area contributed by atoms with Crippen LogP contribution in [0.4, 0.5) is 0 Å². The maximum absolute atomic E-state index is 11.3. The van der Waals surface area contributed by atoms with Gasteiger partial charge in [-0.1, -0.05) is 6.08 Å². The van der Waals surface area contributed by atoms with Crippen molar-refractivity contribution in [3.05, 3.63) is 48.2 Å². The summed E-state index contributed by atoms with van der Waals surface area (Å²) < 4.78 is 5.38. The van der Waals surface area contributed by atoms with E-state index in [1.54, 1.807) is 7.11 Å². The Bertz CT molecular complexity index is 804. The largest absolute Gasteiger partial charge is 0.497 e. The summed E-state index contributed by atoms with van der Waals surface area (Å²) in [4.78, 5) is 7.06. The van der Waals surface area contributed by atoms with Crippen molar-refractivity contribution in [3.63, 3.8) is 0 Å². The third-order valence-corrected chi connectivity index (χ3v) is 6.01. The third-order valence-electron chi connectivity index (χ3n) is 6.01. The van der Waals surface area contributed by atoms with Gasteiger partial charge in [-0.15, -0.1) is 6.58 Å². The van der Waals surface area contributed by atoms with Crippen molar-refractivity contribution >= 4 is 10.9 Å². The van der Waals surface area contributed by atoms with E-state index in [-0.39, 0.29) is 6.04 Å². The van der Waals surface area contributed by atoms with E-state index >= 15 is 0 Å². The van der Waals surface area contributed by atoms with Gasteiger partial charge in [0.15, 0.2) is 0 Å². The average Bonchev–Trinajstić information content (AvgIpc) is 2.66. The Morgan fingerprint density at radius 1 is 1.40 bits per heavy atom. The minimum atomic E-state index is -0.509. The fourth-order valence-corrected chi connectivity index (χ4v) is 4.65. The number of aliphatic hydroxyl groups is 1. The summed E-state index contributed by atoms with van der Waals surface area (Å²) in [5.41, 5.74) is 2.82. The smallest absolute Gasteiger partial charge is 0.119 e. The molecule has 3 fully saturated rings. The lowest BCUT2D eigenvalue weighted by Gasteiger charge is -2.50. The van der Waals surface area contributed by atoms with Crippen LogP contribution in [0.1, 0.15) is 30.2 Å². The first-order valence-electron chi connectivity index (χ1n) is 9.10. The molecule has 0 radical (unpaired) electrons. The molecule has 4 nitrogen and oxygen atoms in total. The Morgan fingerprint density at radius 2 is 2.24 bits per heavy atom. The number of methoxy groups -OCH3 is 1. The number of hydrogen-bond acceptors (Lipinski definition) is 4. The van der Waals surface area contributed by atoms with Crippen LogP contribution in [0, 0.1) is 18.8 Å². The number of aryl methyl sites for hydroxylation is 1. The summed E-state index contributed by atoms with van der Waals surface area (Å²) in [7, 11) is 1.67. The van der Waals surface area contributed by atoms with Gasteiger partial charge < -0.3 is 9.84 Å². The summed E-state index contributed by atoms with van der Waals surface area (Å²) in [6.45, 7) is 8.07. The van der Waals surface area contributed by atoms with Crippen LogP contribution in [0.2, 0.25) is 0 Å². The minimum absolute atomic E-state index is 0.172. The van der Waals surface area contributed by atoms with Crippen LogP contribution in [0.3, 0.4) is 0 Å². The van der Waals surface area contributed by atoms with Gasteiger partial charge in [0.25, 0.3) is 0 Å². The zero-order valence-corrected chi connectivity index (χ0v) is 15.0. The van der Waals surface area contributed by atoms with Crippen molar-refractivity contribution in [2.45, 2.75) is 31.9 Å². The van der Waals surface area contributed by atoms with E-state index in [0.29, 0.717) is 11.8 Å². The van der Waals surface area contributed by atoms with Crippen LogP contribution in [0.5, 0.6) is 5.75 Å². The topological polar surface area (TPSA) is 45.6 Å². The first kappa shape index (κ1) is 16.6. The van der Waals surface area contributed by atoms with Gasteiger partial charge in [-0.3, -0.25) is 9.88 Å². The highest BCUT2D eigenvalue weighted by Crippen LogP contribution is 2.42. The monoisotopic (exact) mass is 338 g/mol. The molecule has 1 aromatic heterocycles. The number of hydrogen-bond donors (Lipinski definition) is 1. The molecule has 5 rings (SSSR count). The SMILES string of the molecule is C=C[C@H]1CN2CC[C@H]1C[C@H]2[C@H](O)c1cc(C)nc2ccc(OC)cc12. The molecule has 3 saturated heterocycles. The lowest BCUT2D eigenvalue weighted by Crippen LogP contribution is -2.54. The summed E-state index contributed by atoms with van der Waals surface area (Å²) in [5.74, 6) is 2.00. The zero-order chi connectivity index (χ0) is 17.6. The molecule has 4 heterocycles. The van der Waals surface area contributed by atoms with Crippen LogP contribution >= 0.6 is 0 Å². The molecule has 0 spiro atoms. The molecule has 1 unspecified atom stereocenters. The molecule has 0 saturated carbocycles. The Morgan fingerprint density at radius 3 is 2.92 bits per heavy atom. The molecule has 4 heteroatoms. The van der Waals surface area contributed by atoms with Gasteiger partial charge in [0.2, 0.25) is 0 Å². The van der Waals surface area contributed by atoms with Crippen molar-refractivity contribution in [3.8, 4) is 5.75 Å². The van der Waals surface area contributed by atoms with Gasteiger partial charge in [0.05, 0.1) is 18.7 Å². The number of benzene rings is 1. The van der Waals surface area contributed by atoms with Crippen LogP contribution in [-0.2, 0) is 0 Å². The lowest BCUT2D eigenvalue weighted by atomic mass is 9.73. The second-order valence-corrected chi connectivity index (χ2v) is 7.43. The fourth-order valence-electron chi connectivity index (χ4n) is 4.65. The predicted molar refractivity (Wildman–Crippen MR) is 99.8 cm³/mol. The van der Waals surface area contributed by atoms with Crippen LogP contribution < -0.4 is 4.74 Å². The average molecular weight is 338 g/mol. The Labute approximate surface area is 149 Å². The van der Waals surface area contributed by atoms with Gasteiger partial charge in [0.1, 0.15) is 5.75 Å². The quantitative estimate of drug-likeness (QED) is 0.867. The summed E-state index contributed by atoms with van der Waals surface area (Å²) in [5, 5.41) is 12.3. The third kappa shape index (κ3) is 2.83. The van der Waals surface area contributed by atoms with Crippen molar-refractivity contribution in [2.75, 3.05) is 20.2 Å². The highest BCUT2D eigenvalue weighted by Gasteiger charge is 2.42. The van der Waals surface area contributed by atoms with Crippen molar-refractivity contribution in [2.24, 2.45) is 11.8 Å². The first-order chi connectivity index (χ1) is 12.1. The van der Waals surface area contributed by atoms with Gasteiger partial charge in [0, 0.05) is 23.7 Å². The second-order valence-electron chi connectivity index (χ2n) is 7.43. The van der Waals surface area contributed by atoms with Crippen molar-refractivity contribution in [1.82, 2.24) is 9.88 Å². The summed E-state index contributed by atoms with van der Waals surface area (Å²) in [6.07, 6.45) is 3.83. The second kappa shape index (κ2) is 6.43. The molecule has 25 heavy (non-hydrogen) atoms. The number of fused-ring (bicyclic) bond motifs is 4. The lowest BCUT2D eigenvalue weighted by molar-refractivity contribution is -0.0445. The van der Waals surface area contributed by atoms with Crippen LogP contribution in [-0.4, -0.2) is 41.2 Å². The molecule has 1 N–H and O–H groups in total. The first-order valence-corrected chi connectivity index (χ1v) is 9.10. The molecular formula is C21H26N2O2.